The topological polar surface area (TPSA) is 96.0 Å². The zero-order valence-corrected chi connectivity index (χ0v) is 18.8. The normalized spacial score (nSPS) is 14.9. The number of rotatable bonds is 6. The molecule has 7 nitrogen and oxygen atoms in total. The van der Waals surface area contributed by atoms with Crippen LogP contribution in [-0.4, -0.2) is 21.6 Å². The van der Waals surface area contributed by atoms with E-state index in [0.717, 1.165) is 11.1 Å². The predicted octanol–water partition coefficient (Wildman–Crippen LogP) is 5.91. The maximum atomic E-state index is 13.3. The van der Waals surface area contributed by atoms with Crippen molar-refractivity contribution in [2.75, 3.05) is 5.01 Å². The lowest BCUT2D eigenvalue weighted by molar-refractivity contribution is -0.384. The second-order valence-corrected chi connectivity index (χ2v) is 8.15. The van der Waals surface area contributed by atoms with Crippen LogP contribution in [0.15, 0.2) is 83.5 Å². The molecule has 0 fully saturated rings. The second-order valence-electron chi connectivity index (χ2n) is 8.15. The Balaban J connectivity index is 1.67. The maximum absolute atomic E-state index is 13.3. The zero-order valence-electron chi connectivity index (χ0n) is 18.8. The summed E-state index contributed by atoms with van der Waals surface area (Å²) in [6.45, 7) is 3.86. The van der Waals surface area contributed by atoms with E-state index < -0.39 is 4.92 Å². The van der Waals surface area contributed by atoms with Gasteiger partial charge < -0.3 is 5.11 Å². The van der Waals surface area contributed by atoms with Crippen molar-refractivity contribution in [3.8, 4) is 5.75 Å². The third-order valence-corrected chi connectivity index (χ3v) is 5.38. The molecule has 0 aliphatic carbocycles. The number of aromatic hydroxyl groups is 1. The summed E-state index contributed by atoms with van der Waals surface area (Å²) < 4.78 is 0. The highest BCUT2D eigenvalue weighted by Crippen LogP contribution is 2.31. The fourth-order valence-electron chi connectivity index (χ4n) is 3.59. The summed E-state index contributed by atoms with van der Waals surface area (Å²) in [4.78, 5) is 23.7. The number of hydrazone groups is 1. The Morgan fingerprint density at radius 3 is 2.29 bits per heavy atom. The molecule has 1 N–H and O–H groups in total. The van der Waals surface area contributed by atoms with Gasteiger partial charge in [-0.05, 0) is 47.4 Å². The molecule has 0 unspecified atom stereocenters. The monoisotopic (exact) mass is 453 g/mol. The van der Waals surface area contributed by atoms with Gasteiger partial charge in [0.15, 0.2) is 0 Å². The molecule has 0 spiro atoms. The SMILES string of the molecule is CC(C)C1=NN(c2ccc([N+](=O)[O-])cc2)C(=O)C1=Cc1cc(C=Cc2ccccc2)ccc1O. The predicted molar refractivity (Wildman–Crippen MR) is 134 cm³/mol. The minimum atomic E-state index is -0.494. The Bertz CT molecular complexity index is 1320. The number of non-ortho nitro benzene ring substituents is 1. The van der Waals surface area contributed by atoms with E-state index in [9.17, 15) is 20.0 Å². The zero-order chi connectivity index (χ0) is 24.2. The van der Waals surface area contributed by atoms with E-state index in [-0.39, 0.29) is 23.3 Å². The number of hydrogen-bond donors (Lipinski definition) is 1. The lowest BCUT2D eigenvalue weighted by atomic mass is 9.97. The number of nitrogens with zero attached hydrogens (tertiary/aromatic N) is 3. The molecular weight excluding hydrogens is 430 g/mol. The number of hydrogen-bond acceptors (Lipinski definition) is 5. The summed E-state index contributed by atoms with van der Waals surface area (Å²) in [5, 5.41) is 27.1. The van der Waals surface area contributed by atoms with Gasteiger partial charge in [-0.2, -0.15) is 10.1 Å². The Hall–Kier alpha value is -4.52. The number of carbonyl (C=O) groups excluding carboxylic acids is 1. The molecule has 1 aliphatic heterocycles. The van der Waals surface area contributed by atoms with Gasteiger partial charge in [0.25, 0.3) is 11.6 Å². The van der Waals surface area contributed by atoms with Crippen LogP contribution < -0.4 is 5.01 Å². The first kappa shape index (κ1) is 22.7. The van der Waals surface area contributed by atoms with Gasteiger partial charge in [-0.1, -0.05) is 62.4 Å². The van der Waals surface area contributed by atoms with E-state index >= 15 is 0 Å². The number of amides is 1. The average Bonchev–Trinajstić information content (AvgIpc) is 3.16. The highest BCUT2D eigenvalue weighted by Gasteiger charge is 2.33. The smallest absolute Gasteiger partial charge is 0.280 e. The van der Waals surface area contributed by atoms with E-state index in [1.807, 2.05) is 62.4 Å². The Morgan fingerprint density at radius 1 is 0.971 bits per heavy atom. The molecule has 4 rings (SSSR count). The minimum Gasteiger partial charge on any atom is -0.507 e. The van der Waals surface area contributed by atoms with Crippen LogP contribution in [0.4, 0.5) is 11.4 Å². The molecule has 1 aliphatic rings. The van der Waals surface area contributed by atoms with E-state index in [0.29, 0.717) is 22.5 Å². The van der Waals surface area contributed by atoms with Crippen molar-refractivity contribution in [3.05, 3.63) is 105 Å². The van der Waals surface area contributed by atoms with Crippen molar-refractivity contribution in [1.82, 2.24) is 0 Å². The fraction of sp³-hybridized carbons (Fsp3) is 0.111. The van der Waals surface area contributed by atoms with Crippen LogP contribution in [0.25, 0.3) is 18.2 Å². The molecule has 0 radical (unpaired) electrons. The van der Waals surface area contributed by atoms with E-state index in [1.54, 1.807) is 18.2 Å². The van der Waals surface area contributed by atoms with Crippen molar-refractivity contribution < 1.29 is 14.8 Å². The molecule has 0 bridgehead atoms. The van der Waals surface area contributed by atoms with Crippen molar-refractivity contribution in [1.29, 1.82) is 0 Å². The van der Waals surface area contributed by atoms with Crippen molar-refractivity contribution in [2.24, 2.45) is 11.0 Å². The molecule has 1 amide bonds. The highest BCUT2D eigenvalue weighted by molar-refractivity contribution is 6.33. The Morgan fingerprint density at radius 2 is 1.65 bits per heavy atom. The lowest BCUT2D eigenvalue weighted by Crippen LogP contribution is -2.21. The van der Waals surface area contributed by atoms with Gasteiger partial charge in [-0.3, -0.25) is 14.9 Å². The molecule has 34 heavy (non-hydrogen) atoms. The molecule has 0 aromatic heterocycles. The number of phenols is 1. The third-order valence-electron chi connectivity index (χ3n) is 5.38. The summed E-state index contributed by atoms with van der Waals surface area (Å²) in [5.41, 5.74) is 3.73. The van der Waals surface area contributed by atoms with Gasteiger partial charge in [0.05, 0.1) is 21.9 Å². The fourth-order valence-corrected chi connectivity index (χ4v) is 3.59. The number of carbonyl (C=O) groups is 1. The number of phenolic OH excluding ortho intramolecular Hbond substituents is 1. The summed E-state index contributed by atoms with van der Waals surface area (Å²) in [6, 6.07) is 20.7. The van der Waals surface area contributed by atoms with Crippen LogP contribution in [0.5, 0.6) is 5.75 Å². The average molecular weight is 453 g/mol. The molecular formula is C27H23N3O4. The van der Waals surface area contributed by atoms with E-state index in [1.165, 1.54) is 29.3 Å². The van der Waals surface area contributed by atoms with Crippen molar-refractivity contribution in [2.45, 2.75) is 13.8 Å². The van der Waals surface area contributed by atoms with Crippen LogP contribution in [-0.2, 0) is 4.79 Å². The van der Waals surface area contributed by atoms with Gasteiger partial charge in [0.2, 0.25) is 0 Å². The molecule has 170 valence electrons. The standard InChI is InChI=1S/C27H23N3O4/c1-18(2)26-24(27(32)29(28-26)22-11-13-23(14-12-22)30(33)34)17-21-16-20(10-15-25(21)31)9-8-19-6-4-3-5-7-19/h3-18,31H,1-2H3. The molecule has 1 heterocycles. The number of anilines is 1. The van der Waals surface area contributed by atoms with Crippen LogP contribution in [0.3, 0.4) is 0 Å². The Labute approximate surface area is 197 Å². The van der Waals surface area contributed by atoms with E-state index in [2.05, 4.69) is 5.10 Å². The summed E-state index contributed by atoms with van der Waals surface area (Å²) in [5.74, 6) is -0.363. The molecule has 0 atom stereocenters. The minimum absolute atomic E-state index is 0.0500. The van der Waals surface area contributed by atoms with Crippen LogP contribution in [0.2, 0.25) is 0 Å². The Kier molecular flexibility index (Phi) is 6.36. The van der Waals surface area contributed by atoms with Crippen molar-refractivity contribution in [3.63, 3.8) is 0 Å². The van der Waals surface area contributed by atoms with Gasteiger partial charge >= 0.3 is 0 Å². The number of nitro benzene ring substituents is 1. The molecule has 7 heteroatoms. The second kappa shape index (κ2) is 9.54. The lowest BCUT2D eigenvalue weighted by Gasteiger charge is -2.11. The van der Waals surface area contributed by atoms with Crippen LogP contribution in [0, 0.1) is 16.0 Å². The molecule has 3 aromatic carbocycles. The summed E-state index contributed by atoms with van der Waals surface area (Å²) in [7, 11) is 0. The van der Waals surface area contributed by atoms with Gasteiger partial charge in [0, 0.05) is 17.7 Å². The largest absolute Gasteiger partial charge is 0.507 e. The quantitative estimate of drug-likeness (QED) is 0.217. The maximum Gasteiger partial charge on any atom is 0.280 e. The van der Waals surface area contributed by atoms with Gasteiger partial charge in [-0.25, -0.2) is 0 Å². The molecule has 0 saturated heterocycles. The highest BCUT2D eigenvalue weighted by atomic mass is 16.6. The van der Waals surface area contributed by atoms with Crippen molar-refractivity contribution >= 4 is 41.2 Å². The van der Waals surface area contributed by atoms with Crippen LogP contribution in [0.1, 0.15) is 30.5 Å². The van der Waals surface area contributed by atoms with Crippen LogP contribution >= 0.6 is 0 Å². The number of nitro groups is 1. The molecule has 3 aromatic rings. The summed E-state index contributed by atoms with van der Waals surface area (Å²) in [6.07, 6.45) is 5.55. The van der Waals surface area contributed by atoms with Gasteiger partial charge in [0.1, 0.15) is 5.75 Å². The first-order chi connectivity index (χ1) is 16.3. The number of benzene rings is 3. The summed E-state index contributed by atoms with van der Waals surface area (Å²) >= 11 is 0. The molecule has 0 saturated carbocycles. The first-order valence-corrected chi connectivity index (χ1v) is 10.8. The first-order valence-electron chi connectivity index (χ1n) is 10.8. The third kappa shape index (κ3) is 4.78. The van der Waals surface area contributed by atoms with E-state index in [4.69, 9.17) is 0 Å². The van der Waals surface area contributed by atoms with Gasteiger partial charge in [-0.15, -0.1) is 0 Å².